The van der Waals surface area contributed by atoms with Gasteiger partial charge in [-0.05, 0) is 37.8 Å². The minimum atomic E-state index is -0.933. The normalized spacial score (nSPS) is 18.7. The van der Waals surface area contributed by atoms with E-state index in [1.54, 1.807) is 19.1 Å². The van der Waals surface area contributed by atoms with Crippen LogP contribution in [0.1, 0.15) is 19.4 Å². The molecule has 0 bridgehead atoms. The highest BCUT2D eigenvalue weighted by atomic mass is 32.2. The highest BCUT2D eigenvalue weighted by molar-refractivity contribution is 8.18. The molecule has 1 saturated heterocycles. The van der Waals surface area contributed by atoms with E-state index in [9.17, 15) is 14.4 Å². The Labute approximate surface area is 119 Å². The predicted molar refractivity (Wildman–Crippen MR) is 72.6 cm³/mol. The molecule has 6 nitrogen and oxygen atoms in total. The molecule has 1 aliphatic rings. The fraction of sp³-hybridized carbons (Fsp3) is 0.308. The summed E-state index contributed by atoms with van der Waals surface area (Å²) in [6.07, 6.45) is 4.48. The summed E-state index contributed by atoms with van der Waals surface area (Å²) < 4.78 is 9.72. The molecule has 0 aromatic carbocycles. The molecule has 0 N–H and O–H groups in total. The lowest BCUT2D eigenvalue weighted by molar-refractivity contribution is -0.150. The van der Waals surface area contributed by atoms with Gasteiger partial charge in [-0.1, -0.05) is 0 Å². The number of hydrogen-bond donors (Lipinski definition) is 0. The van der Waals surface area contributed by atoms with Crippen LogP contribution in [-0.2, 0) is 14.3 Å². The lowest BCUT2D eigenvalue weighted by atomic mass is 10.2. The molecule has 7 heteroatoms. The number of imide groups is 1. The molecular formula is C13H13NO5S. The van der Waals surface area contributed by atoms with Gasteiger partial charge in [0.2, 0.25) is 0 Å². The Morgan fingerprint density at radius 3 is 2.90 bits per heavy atom. The van der Waals surface area contributed by atoms with Gasteiger partial charge >= 0.3 is 5.97 Å². The van der Waals surface area contributed by atoms with Gasteiger partial charge in [0.15, 0.2) is 0 Å². The summed E-state index contributed by atoms with van der Waals surface area (Å²) in [6.45, 7) is 3.33. The fourth-order valence-corrected chi connectivity index (χ4v) is 2.60. The molecule has 0 radical (unpaired) electrons. The Bertz CT molecular complexity index is 563. The fourth-order valence-electron chi connectivity index (χ4n) is 1.69. The summed E-state index contributed by atoms with van der Waals surface area (Å²) in [5.41, 5.74) is 0.680. The van der Waals surface area contributed by atoms with Crippen molar-refractivity contribution < 1.29 is 23.5 Å². The van der Waals surface area contributed by atoms with Crippen molar-refractivity contribution in [3.8, 4) is 0 Å². The zero-order valence-electron chi connectivity index (χ0n) is 11.0. The van der Waals surface area contributed by atoms with Gasteiger partial charge in [0, 0.05) is 5.56 Å². The van der Waals surface area contributed by atoms with E-state index in [1.165, 1.54) is 19.5 Å². The van der Waals surface area contributed by atoms with Crippen molar-refractivity contribution in [1.29, 1.82) is 0 Å². The van der Waals surface area contributed by atoms with E-state index in [0.29, 0.717) is 5.56 Å². The molecule has 2 rings (SSSR count). The zero-order valence-corrected chi connectivity index (χ0v) is 11.8. The Hall–Kier alpha value is -2.02. The van der Waals surface area contributed by atoms with Crippen molar-refractivity contribution in [2.75, 3.05) is 6.61 Å². The molecule has 2 heterocycles. The zero-order chi connectivity index (χ0) is 14.7. The van der Waals surface area contributed by atoms with Crippen molar-refractivity contribution in [2.24, 2.45) is 0 Å². The molecule has 1 aliphatic heterocycles. The largest absolute Gasteiger partial charge is 0.472 e. The highest BCUT2D eigenvalue weighted by Crippen LogP contribution is 2.33. The maximum absolute atomic E-state index is 12.2. The molecule has 1 fully saturated rings. The SMILES string of the molecule is CCOC(=O)[C@@H](C)N1C(=O)S/C(=C/c2ccoc2)C1=O. The van der Waals surface area contributed by atoms with Gasteiger partial charge < -0.3 is 9.15 Å². The van der Waals surface area contributed by atoms with E-state index in [0.717, 1.165) is 16.7 Å². The van der Waals surface area contributed by atoms with Crippen LogP contribution in [0, 0.1) is 0 Å². The van der Waals surface area contributed by atoms with Crippen molar-refractivity contribution in [3.05, 3.63) is 29.1 Å². The molecule has 0 saturated carbocycles. The van der Waals surface area contributed by atoms with Crippen molar-refractivity contribution >= 4 is 35.0 Å². The number of thioether (sulfide) groups is 1. The Balaban J connectivity index is 2.19. The van der Waals surface area contributed by atoms with Crippen LogP contribution >= 0.6 is 11.8 Å². The first kappa shape index (κ1) is 14.4. The number of carbonyl (C=O) groups is 3. The van der Waals surface area contributed by atoms with Crippen LogP contribution in [-0.4, -0.2) is 34.7 Å². The maximum atomic E-state index is 12.2. The first-order valence-electron chi connectivity index (χ1n) is 6.00. The van der Waals surface area contributed by atoms with Crippen LogP contribution < -0.4 is 0 Å². The monoisotopic (exact) mass is 295 g/mol. The molecule has 2 amide bonds. The van der Waals surface area contributed by atoms with Gasteiger partial charge in [0.25, 0.3) is 11.1 Å². The summed E-state index contributed by atoms with van der Waals surface area (Å²) in [6, 6.07) is 0.737. The number of rotatable bonds is 4. The first-order chi connectivity index (χ1) is 9.54. The van der Waals surface area contributed by atoms with Crippen LogP contribution in [0.5, 0.6) is 0 Å². The van der Waals surface area contributed by atoms with E-state index in [4.69, 9.17) is 9.15 Å². The number of nitrogens with zero attached hydrogens (tertiary/aromatic N) is 1. The van der Waals surface area contributed by atoms with Gasteiger partial charge in [-0.15, -0.1) is 0 Å². The lowest BCUT2D eigenvalue weighted by Crippen LogP contribution is -2.42. The van der Waals surface area contributed by atoms with E-state index < -0.39 is 23.2 Å². The minimum absolute atomic E-state index is 0.199. The summed E-state index contributed by atoms with van der Waals surface area (Å²) in [7, 11) is 0. The summed E-state index contributed by atoms with van der Waals surface area (Å²) in [4.78, 5) is 36.8. The van der Waals surface area contributed by atoms with E-state index in [2.05, 4.69) is 0 Å². The third-order valence-electron chi connectivity index (χ3n) is 2.68. The summed E-state index contributed by atoms with van der Waals surface area (Å²) in [5.74, 6) is -1.10. The van der Waals surface area contributed by atoms with Gasteiger partial charge in [-0.2, -0.15) is 0 Å². The van der Waals surface area contributed by atoms with E-state index >= 15 is 0 Å². The van der Waals surface area contributed by atoms with Crippen LogP contribution in [0.4, 0.5) is 4.79 Å². The Morgan fingerprint density at radius 1 is 1.55 bits per heavy atom. The number of carbonyl (C=O) groups excluding carboxylic acids is 3. The van der Waals surface area contributed by atoms with E-state index in [1.807, 2.05) is 0 Å². The Kier molecular flexibility index (Phi) is 4.29. The smallest absolute Gasteiger partial charge is 0.329 e. The third kappa shape index (κ3) is 2.77. The van der Waals surface area contributed by atoms with Gasteiger partial charge in [0.1, 0.15) is 6.04 Å². The van der Waals surface area contributed by atoms with Gasteiger partial charge in [-0.3, -0.25) is 14.5 Å². The van der Waals surface area contributed by atoms with Gasteiger partial charge in [0.05, 0.1) is 24.0 Å². The van der Waals surface area contributed by atoms with Gasteiger partial charge in [-0.25, -0.2) is 4.79 Å². The topological polar surface area (TPSA) is 76.8 Å². The molecule has 0 spiro atoms. The second-order valence-electron chi connectivity index (χ2n) is 4.04. The summed E-state index contributed by atoms with van der Waals surface area (Å²) in [5, 5.41) is -0.481. The van der Waals surface area contributed by atoms with E-state index in [-0.39, 0.29) is 11.5 Å². The van der Waals surface area contributed by atoms with Crippen LogP contribution in [0.25, 0.3) is 6.08 Å². The number of furan rings is 1. The average molecular weight is 295 g/mol. The number of amides is 2. The molecular weight excluding hydrogens is 282 g/mol. The standard InChI is InChI=1S/C13H13NO5S/c1-3-19-12(16)8(2)14-11(15)10(20-13(14)17)6-9-4-5-18-7-9/h4-8H,3H2,1-2H3/b10-6+/t8-/m1/s1. The first-order valence-corrected chi connectivity index (χ1v) is 6.82. The van der Waals surface area contributed by atoms with Crippen LogP contribution in [0.15, 0.2) is 27.9 Å². The molecule has 1 aromatic rings. The number of esters is 1. The predicted octanol–water partition coefficient (Wildman–Crippen LogP) is 2.27. The number of ether oxygens (including phenoxy) is 1. The molecule has 1 atom stereocenters. The van der Waals surface area contributed by atoms with Crippen LogP contribution in [0.3, 0.4) is 0 Å². The molecule has 1 aromatic heterocycles. The Morgan fingerprint density at radius 2 is 2.30 bits per heavy atom. The molecule has 0 unspecified atom stereocenters. The average Bonchev–Trinajstić information content (AvgIpc) is 2.99. The molecule has 20 heavy (non-hydrogen) atoms. The van der Waals surface area contributed by atoms with Crippen LogP contribution in [0.2, 0.25) is 0 Å². The number of hydrogen-bond acceptors (Lipinski definition) is 6. The van der Waals surface area contributed by atoms with Crippen molar-refractivity contribution in [3.63, 3.8) is 0 Å². The maximum Gasteiger partial charge on any atom is 0.329 e. The van der Waals surface area contributed by atoms with Crippen molar-refractivity contribution in [2.45, 2.75) is 19.9 Å². The van der Waals surface area contributed by atoms with Crippen molar-refractivity contribution in [1.82, 2.24) is 4.90 Å². The molecule has 0 aliphatic carbocycles. The second-order valence-corrected chi connectivity index (χ2v) is 5.03. The summed E-state index contributed by atoms with van der Waals surface area (Å²) >= 11 is 0.793. The lowest BCUT2D eigenvalue weighted by Gasteiger charge is -2.19. The minimum Gasteiger partial charge on any atom is -0.472 e. The second kappa shape index (κ2) is 5.96. The third-order valence-corrected chi connectivity index (χ3v) is 3.56. The quantitative estimate of drug-likeness (QED) is 0.626. The highest BCUT2D eigenvalue weighted by Gasteiger charge is 2.41. The molecule has 106 valence electrons.